The van der Waals surface area contributed by atoms with E-state index >= 15 is 0 Å². The molecule has 6 nitrogen and oxygen atoms in total. The Balaban J connectivity index is 3.42. The van der Waals surface area contributed by atoms with Crippen molar-refractivity contribution in [3.05, 3.63) is 29.8 Å². The van der Waals surface area contributed by atoms with Crippen LogP contribution in [-0.4, -0.2) is 14.4 Å². The fourth-order valence-electron chi connectivity index (χ4n) is 0.972. The maximum absolute atomic E-state index is 11.5. The molecule has 0 spiro atoms. The van der Waals surface area contributed by atoms with E-state index in [0.717, 1.165) is 0 Å². The number of hydrogen-bond donors (Lipinski definition) is 2. The number of hydrogen-bond acceptors (Lipinski definition) is 3. The van der Waals surface area contributed by atoms with E-state index in [1.807, 2.05) is 0 Å². The van der Waals surface area contributed by atoms with E-state index < -0.39 is 16.0 Å². The summed E-state index contributed by atoms with van der Waals surface area (Å²) in [6, 6.07) is 7.41. The lowest BCUT2D eigenvalue weighted by molar-refractivity contribution is 0.597. The summed E-state index contributed by atoms with van der Waals surface area (Å²) >= 11 is 0. The molecule has 1 aromatic carbocycles. The summed E-state index contributed by atoms with van der Waals surface area (Å²) in [6.07, 6.45) is 0. The highest BCUT2D eigenvalue weighted by Crippen LogP contribution is 2.16. The molecule has 15 heavy (non-hydrogen) atoms. The standard InChI is InChI=1S/C8H8N4O2S/c9-5-6-3-1-2-4-7(6)15(13,14)12-8(10)11/h1-4H,(H4,10,11,12). The van der Waals surface area contributed by atoms with Crippen LogP contribution in [0.3, 0.4) is 0 Å². The maximum atomic E-state index is 11.5. The van der Waals surface area contributed by atoms with E-state index in [1.165, 1.54) is 18.2 Å². The zero-order valence-electron chi connectivity index (χ0n) is 7.58. The Labute approximate surface area is 86.9 Å². The minimum absolute atomic E-state index is 0.00231. The van der Waals surface area contributed by atoms with E-state index in [4.69, 9.17) is 16.7 Å². The van der Waals surface area contributed by atoms with Crippen LogP contribution in [0.5, 0.6) is 0 Å². The summed E-state index contributed by atoms with van der Waals surface area (Å²) in [6.45, 7) is 0. The van der Waals surface area contributed by atoms with Crippen molar-refractivity contribution >= 4 is 16.0 Å². The SMILES string of the molecule is N#Cc1ccccc1S(=O)(=O)N=C(N)N. The quantitative estimate of drug-likeness (QED) is 0.519. The van der Waals surface area contributed by atoms with Gasteiger partial charge in [-0.3, -0.25) is 0 Å². The van der Waals surface area contributed by atoms with Crippen molar-refractivity contribution in [1.82, 2.24) is 0 Å². The fraction of sp³-hybridized carbons (Fsp3) is 0. The van der Waals surface area contributed by atoms with Gasteiger partial charge in [-0.2, -0.15) is 13.7 Å². The van der Waals surface area contributed by atoms with Gasteiger partial charge in [-0.05, 0) is 12.1 Å². The molecule has 1 aromatic rings. The number of benzene rings is 1. The first-order valence-electron chi connectivity index (χ1n) is 3.82. The van der Waals surface area contributed by atoms with Crippen LogP contribution in [0, 0.1) is 11.3 Å². The molecule has 0 radical (unpaired) electrons. The molecule has 0 atom stereocenters. The fourth-order valence-corrected chi connectivity index (χ4v) is 1.99. The second-order valence-corrected chi connectivity index (χ2v) is 4.17. The molecule has 0 amide bonds. The topological polar surface area (TPSA) is 122 Å². The van der Waals surface area contributed by atoms with Gasteiger partial charge in [0.15, 0.2) is 0 Å². The molecule has 0 saturated heterocycles. The summed E-state index contributed by atoms with van der Waals surface area (Å²) in [5, 5.41) is 8.69. The molecule has 0 fully saturated rings. The van der Waals surface area contributed by atoms with Crippen LogP contribution in [0.15, 0.2) is 33.6 Å². The van der Waals surface area contributed by atoms with Crippen molar-refractivity contribution in [2.45, 2.75) is 4.90 Å². The van der Waals surface area contributed by atoms with Crippen LogP contribution in [0.25, 0.3) is 0 Å². The zero-order valence-corrected chi connectivity index (χ0v) is 8.40. The number of nitrogens with two attached hydrogens (primary N) is 2. The largest absolute Gasteiger partial charge is 0.369 e. The van der Waals surface area contributed by atoms with Crippen molar-refractivity contribution in [2.75, 3.05) is 0 Å². The predicted octanol–water partition coefficient (Wildman–Crippen LogP) is -0.480. The minimum atomic E-state index is -3.99. The van der Waals surface area contributed by atoms with E-state index in [9.17, 15) is 8.42 Å². The molecular formula is C8H8N4O2S. The second kappa shape index (κ2) is 3.98. The number of guanidine groups is 1. The first-order valence-corrected chi connectivity index (χ1v) is 5.26. The normalized spacial score (nSPS) is 10.3. The van der Waals surface area contributed by atoms with E-state index in [-0.39, 0.29) is 10.5 Å². The third-order valence-electron chi connectivity index (χ3n) is 1.51. The Morgan fingerprint density at radius 3 is 2.47 bits per heavy atom. The van der Waals surface area contributed by atoms with E-state index in [1.54, 1.807) is 12.1 Å². The lowest BCUT2D eigenvalue weighted by Gasteiger charge is -2.00. The molecule has 1 rings (SSSR count). The van der Waals surface area contributed by atoms with Gasteiger partial charge in [-0.1, -0.05) is 12.1 Å². The summed E-state index contributed by atoms with van der Waals surface area (Å²) < 4.78 is 26.1. The van der Waals surface area contributed by atoms with Crippen molar-refractivity contribution < 1.29 is 8.42 Å². The smallest absolute Gasteiger partial charge is 0.286 e. The monoisotopic (exact) mass is 224 g/mol. The molecule has 4 N–H and O–H groups in total. The second-order valence-electron chi connectivity index (χ2n) is 2.60. The average molecular weight is 224 g/mol. The van der Waals surface area contributed by atoms with Gasteiger partial charge in [0.1, 0.15) is 11.0 Å². The van der Waals surface area contributed by atoms with Crippen LogP contribution in [0.4, 0.5) is 0 Å². The Morgan fingerprint density at radius 2 is 1.93 bits per heavy atom. The van der Waals surface area contributed by atoms with Gasteiger partial charge in [0.25, 0.3) is 10.0 Å². The van der Waals surface area contributed by atoms with Crippen LogP contribution < -0.4 is 11.5 Å². The zero-order chi connectivity index (χ0) is 11.5. The Morgan fingerprint density at radius 1 is 1.33 bits per heavy atom. The number of rotatable bonds is 2. The van der Waals surface area contributed by atoms with Gasteiger partial charge in [0.2, 0.25) is 5.96 Å². The summed E-state index contributed by atoms with van der Waals surface area (Å²) in [5.74, 6) is -0.567. The lowest BCUT2D eigenvalue weighted by atomic mass is 10.2. The van der Waals surface area contributed by atoms with Gasteiger partial charge in [0.05, 0.1) is 5.56 Å². The van der Waals surface area contributed by atoms with Gasteiger partial charge in [-0.15, -0.1) is 4.40 Å². The van der Waals surface area contributed by atoms with Crippen LogP contribution >= 0.6 is 0 Å². The molecule has 7 heteroatoms. The molecule has 78 valence electrons. The van der Waals surface area contributed by atoms with Gasteiger partial charge in [-0.25, -0.2) is 0 Å². The molecule has 0 unspecified atom stereocenters. The van der Waals surface area contributed by atoms with Crippen LogP contribution in [0.1, 0.15) is 5.56 Å². The molecule has 0 aliphatic heterocycles. The van der Waals surface area contributed by atoms with Gasteiger partial charge >= 0.3 is 0 Å². The Hall–Kier alpha value is -2.07. The van der Waals surface area contributed by atoms with Crippen molar-refractivity contribution in [2.24, 2.45) is 15.9 Å². The highest BCUT2D eigenvalue weighted by atomic mass is 32.2. The third kappa shape index (κ3) is 2.45. The maximum Gasteiger partial charge on any atom is 0.286 e. The van der Waals surface area contributed by atoms with E-state index in [2.05, 4.69) is 4.40 Å². The van der Waals surface area contributed by atoms with Gasteiger partial charge < -0.3 is 11.5 Å². The highest BCUT2D eigenvalue weighted by molar-refractivity contribution is 7.90. The summed E-state index contributed by atoms with van der Waals surface area (Å²) in [5.41, 5.74) is 9.95. The predicted molar refractivity (Wildman–Crippen MR) is 54.2 cm³/mol. The Kier molecular flexibility index (Phi) is 2.92. The molecule has 0 saturated carbocycles. The minimum Gasteiger partial charge on any atom is -0.369 e. The molecule has 0 aliphatic carbocycles. The van der Waals surface area contributed by atoms with Crippen molar-refractivity contribution in [1.29, 1.82) is 5.26 Å². The number of sulfonamides is 1. The molecule has 0 aromatic heterocycles. The van der Waals surface area contributed by atoms with Crippen molar-refractivity contribution in [3.8, 4) is 6.07 Å². The first-order chi connectivity index (χ1) is 6.97. The molecule has 0 aliphatic rings. The molecule has 0 bridgehead atoms. The average Bonchev–Trinajstić information content (AvgIpc) is 2.16. The molecule has 0 heterocycles. The van der Waals surface area contributed by atoms with E-state index in [0.29, 0.717) is 0 Å². The summed E-state index contributed by atoms with van der Waals surface area (Å²) in [4.78, 5) is -0.207. The third-order valence-corrected chi connectivity index (χ3v) is 2.87. The highest BCUT2D eigenvalue weighted by Gasteiger charge is 2.17. The number of nitrogens with zero attached hydrogens (tertiary/aromatic N) is 2. The van der Waals surface area contributed by atoms with Crippen LogP contribution in [-0.2, 0) is 10.0 Å². The van der Waals surface area contributed by atoms with Crippen LogP contribution in [0.2, 0.25) is 0 Å². The summed E-state index contributed by atoms with van der Waals surface area (Å²) in [7, 11) is -3.99. The van der Waals surface area contributed by atoms with Crippen molar-refractivity contribution in [3.63, 3.8) is 0 Å². The van der Waals surface area contributed by atoms with Gasteiger partial charge in [0, 0.05) is 0 Å². The first kappa shape index (κ1) is 11.0. The number of nitriles is 1. The lowest BCUT2D eigenvalue weighted by Crippen LogP contribution is -2.24. The Bertz CT molecular complexity index is 538. The molecular weight excluding hydrogens is 216 g/mol.